The van der Waals surface area contributed by atoms with Crippen molar-refractivity contribution in [3.63, 3.8) is 0 Å². The van der Waals surface area contributed by atoms with E-state index in [1.54, 1.807) is 0 Å². The van der Waals surface area contributed by atoms with Crippen LogP contribution < -0.4 is 5.73 Å². The normalized spacial score (nSPS) is 9.90. The van der Waals surface area contributed by atoms with Gasteiger partial charge in [-0.1, -0.05) is 12.1 Å². The van der Waals surface area contributed by atoms with Crippen molar-refractivity contribution in [1.82, 2.24) is 0 Å². The molecule has 1 radical (unpaired) electrons. The van der Waals surface area contributed by atoms with Crippen LogP contribution in [-0.4, -0.2) is 0 Å². The van der Waals surface area contributed by atoms with E-state index in [0.717, 1.165) is 0 Å². The van der Waals surface area contributed by atoms with Crippen LogP contribution in [-0.2, 0) is 6.54 Å². The minimum Gasteiger partial charge on any atom is -0.326 e. The van der Waals surface area contributed by atoms with E-state index in [9.17, 15) is 8.78 Å². The van der Waals surface area contributed by atoms with E-state index < -0.39 is 11.6 Å². The van der Waals surface area contributed by atoms with E-state index in [4.69, 9.17) is 5.73 Å². The van der Waals surface area contributed by atoms with Gasteiger partial charge < -0.3 is 5.73 Å². The summed E-state index contributed by atoms with van der Waals surface area (Å²) in [5, 5.41) is 0. The molecule has 0 saturated heterocycles. The first kappa shape index (κ1) is 7.15. The van der Waals surface area contributed by atoms with Crippen LogP contribution in [0.1, 0.15) is 5.56 Å². The Morgan fingerprint density at radius 1 is 1.50 bits per heavy atom. The van der Waals surface area contributed by atoms with Crippen molar-refractivity contribution >= 4 is 0 Å². The molecule has 0 heterocycles. The number of nitrogens with two attached hydrogens (primary N) is 1. The second kappa shape index (κ2) is 2.75. The van der Waals surface area contributed by atoms with E-state index in [0.29, 0.717) is 0 Å². The first-order valence-corrected chi connectivity index (χ1v) is 2.80. The third-order valence-electron chi connectivity index (χ3n) is 1.19. The third kappa shape index (κ3) is 1.14. The van der Waals surface area contributed by atoms with E-state index in [2.05, 4.69) is 6.07 Å². The largest absolute Gasteiger partial charge is 0.326 e. The van der Waals surface area contributed by atoms with Crippen LogP contribution in [0.25, 0.3) is 0 Å². The molecule has 1 aromatic rings. The van der Waals surface area contributed by atoms with Gasteiger partial charge in [-0.15, -0.1) is 0 Å². The zero-order valence-electron chi connectivity index (χ0n) is 5.20. The van der Waals surface area contributed by atoms with Crippen molar-refractivity contribution in [2.75, 3.05) is 0 Å². The van der Waals surface area contributed by atoms with Crippen LogP contribution in [0, 0.1) is 17.7 Å². The highest BCUT2D eigenvalue weighted by Crippen LogP contribution is 2.08. The molecule has 3 heteroatoms. The Morgan fingerprint density at radius 3 is 2.70 bits per heavy atom. The summed E-state index contributed by atoms with van der Waals surface area (Å²) in [5.41, 5.74) is 5.28. The molecule has 0 fully saturated rings. The van der Waals surface area contributed by atoms with Crippen LogP contribution in [0.15, 0.2) is 12.1 Å². The van der Waals surface area contributed by atoms with Crippen LogP contribution in [0.5, 0.6) is 0 Å². The van der Waals surface area contributed by atoms with Gasteiger partial charge in [0.1, 0.15) is 0 Å². The summed E-state index contributed by atoms with van der Waals surface area (Å²) in [6, 6.07) is 4.78. The van der Waals surface area contributed by atoms with E-state index in [1.807, 2.05) is 0 Å². The Bertz CT molecular complexity index is 235. The maximum Gasteiger partial charge on any atom is 0.167 e. The standard InChI is InChI=1S/C7H6F2N/c8-6-3-1-2-5(4-10)7(6)9/h1-2H,4,10H2. The summed E-state index contributed by atoms with van der Waals surface area (Å²) in [6.45, 7) is 0.0113. The lowest BCUT2D eigenvalue weighted by Crippen LogP contribution is -2.01. The Kier molecular flexibility index (Phi) is 1.97. The fraction of sp³-hybridized carbons (Fsp3) is 0.143. The predicted octanol–water partition coefficient (Wildman–Crippen LogP) is 1.22. The number of halogens is 2. The maximum absolute atomic E-state index is 12.5. The molecule has 0 atom stereocenters. The number of hydrogen-bond acceptors (Lipinski definition) is 1. The number of hydrogen-bond donors (Lipinski definition) is 1. The first-order chi connectivity index (χ1) is 4.75. The van der Waals surface area contributed by atoms with E-state index >= 15 is 0 Å². The van der Waals surface area contributed by atoms with Gasteiger partial charge in [-0.05, 0) is 0 Å². The van der Waals surface area contributed by atoms with E-state index in [-0.39, 0.29) is 12.1 Å². The minimum absolute atomic E-state index is 0.0113. The fourth-order valence-electron chi connectivity index (χ4n) is 0.651. The Balaban J connectivity index is 3.14. The Hall–Kier alpha value is -0.960. The van der Waals surface area contributed by atoms with Crippen LogP contribution >= 0.6 is 0 Å². The molecule has 0 spiro atoms. The highest BCUT2D eigenvalue weighted by Gasteiger charge is 2.04. The van der Waals surface area contributed by atoms with Gasteiger partial charge in [0.05, 0.1) is 0 Å². The van der Waals surface area contributed by atoms with Gasteiger partial charge in [-0.25, -0.2) is 8.78 Å². The second-order valence-electron chi connectivity index (χ2n) is 1.83. The maximum atomic E-state index is 12.5. The molecule has 10 heavy (non-hydrogen) atoms. The smallest absolute Gasteiger partial charge is 0.167 e. The quantitative estimate of drug-likeness (QED) is 0.626. The number of benzene rings is 1. The van der Waals surface area contributed by atoms with Gasteiger partial charge in [0.25, 0.3) is 0 Å². The summed E-state index contributed by atoms with van der Waals surface area (Å²) in [7, 11) is 0. The van der Waals surface area contributed by atoms with Crippen LogP contribution in [0.3, 0.4) is 0 Å². The molecule has 53 valence electrons. The van der Waals surface area contributed by atoms with Gasteiger partial charge in [-0.3, -0.25) is 0 Å². The summed E-state index contributed by atoms with van der Waals surface area (Å²) < 4.78 is 24.8. The van der Waals surface area contributed by atoms with Gasteiger partial charge >= 0.3 is 0 Å². The average Bonchev–Trinajstić information content (AvgIpc) is 1.95. The van der Waals surface area contributed by atoms with Gasteiger partial charge in [0, 0.05) is 18.2 Å². The number of rotatable bonds is 1. The molecule has 0 saturated carbocycles. The fourth-order valence-corrected chi connectivity index (χ4v) is 0.651. The SMILES string of the molecule is NCc1cc[c]c(F)c1F. The third-order valence-corrected chi connectivity index (χ3v) is 1.19. The van der Waals surface area contributed by atoms with E-state index in [1.165, 1.54) is 12.1 Å². The van der Waals surface area contributed by atoms with Crippen molar-refractivity contribution < 1.29 is 8.78 Å². The molecule has 1 aromatic carbocycles. The molecule has 0 aliphatic heterocycles. The van der Waals surface area contributed by atoms with Crippen LogP contribution in [0.2, 0.25) is 0 Å². The summed E-state index contributed by atoms with van der Waals surface area (Å²) >= 11 is 0. The van der Waals surface area contributed by atoms with Crippen molar-refractivity contribution in [2.24, 2.45) is 5.73 Å². The molecule has 0 bridgehead atoms. The topological polar surface area (TPSA) is 26.0 Å². The van der Waals surface area contributed by atoms with Gasteiger partial charge in [0.15, 0.2) is 11.6 Å². The highest BCUT2D eigenvalue weighted by molar-refractivity contribution is 5.17. The second-order valence-corrected chi connectivity index (χ2v) is 1.83. The van der Waals surface area contributed by atoms with Crippen molar-refractivity contribution in [2.45, 2.75) is 6.54 Å². The zero-order valence-corrected chi connectivity index (χ0v) is 5.20. The average molecular weight is 142 g/mol. The monoisotopic (exact) mass is 142 g/mol. The molecule has 0 unspecified atom stereocenters. The lowest BCUT2D eigenvalue weighted by molar-refractivity contribution is 0.498. The summed E-state index contributed by atoms with van der Waals surface area (Å²) in [4.78, 5) is 0. The zero-order chi connectivity index (χ0) is 7.56. The molecule has 0 amide bonds. The molecular formula is C7H6F2N. The van der Waals surface area contributed by atoms with Crippen molar-refractivity contribution in [3.05, 3.63) is 35.4 Å². The van der Waals surface area contributed by atoms with Crippen molar-refractivity contribution in [1.29, 1.82) is 0 Å². The van der Waals surface area contributed by atoms with Gasteiger partial charge in [0.2, 0.25) is 0 Å². The summed E-state index contributed by atoms with van der Waals surface area (Å²) in [5.74, 6) is -1.87. The minimum atomic E-state index is -0.969. The molecule has 1 rings (SSSR count). The first-order valence-electron chi connectivity index (χ1n) is 2.80. The predicted molar refractivity (Wildman–Crippen MR) is 33.1 cm³/mol. The molecule has 2 N–H and O–H groups in total. The van der Waals surface area contributed by atoms with Crippen LogP contribution in [0.4, 0.5) is 8.78 Å². The Labute approximate surface area is 57.5 Å². The summed E-state index contributed by atoms with van der Waals surface area (Å²) in [6.07, 6.45) is 0. The molecule has 0 aromatic heterocycles. The lowest BCUT2D eigenvalue weighted by Gasteiger charge is -1.97. The molecule has 0 aliphatic carbocycles. The lowest BCUT2D eigenvalue weighted by atomic mass is 10.2. The molecule has 0 aliphatic rings. The highest BCUT2D eigenvalue weighted by atomic mass is 19.2. The molecular weight excluding hydrogens is 136 g/mol. The molecule has 1 nitrogen and oxygen atoms in total. The Morgan fingerprint density at radius 2 is 2.20 bits per heavy atom. The van der Waals surface area contributed by atoms with Crippen molar-refractivity contribution in [3.8, 4) is 0 Å². The van der Waals surface area contributed by atoms with Gasteiger partial charge in [-0.2, -0.15) is 0 Å².